The van der Waals surface area contributed by atoms with Gasteiger partial charge in [0.05, 0.1) is 6.61 Å². The minimum Gasteiger partial charge on any atom is -0.507 e. The second-order valence-electron chi connectivity index (χ2n) is 7.73. The van der Waals surface area contributed by atoms with Crippen LogP contribution in [-0.2, 0) is 14.3 Å². The molecule has 0 fully saturated rings. The third-order valence-electron chi connectivity index (χ3n) is 4.89. The maximum atomic E-state index is 12.0. The number of unbranched alkanes of at least 4 members (excludes halogenated alkanes) is 9. The van der Waals surface area contributed by atoms with Crippen molar-refractivity contribution < 1.29 is 24.5 Å². The summed E-state index contributed by atoms with van der Waals surface area (Å²) < 4.78 is 4.74. The highest BCUT2D eigenvalue weighted by atomic mass is 16.6. The molecule has 0 radical (unpaired) electrons. The molecule has 5 nitrogen and oxygen atoms in total. The lowest BCUT2D eigenvalue weighted by Gasteiger charge is -2.05. The van der Waals surface area contributed by atoms with E-state index < -0.39 is 24.4 Å². The number of carbonyl (C=O) groups excluding carboxylic acids is 2. The Balaban J connectivity index is 2.00. The summed E-state index contributed by atoms with van der Waals surface area (Å²) >= 11 is 0. The molecule has 0 aliphatic carbocycles. The molecule has 26 heavy (non-hydrogen) atoms. The molecule has 5 heteroatoms. The Kier molecular flexibility index (Phi) is 11.3. The van der Waals surface area contributed by atoms with Crippen molar-refractivity contribution in [2.75, 3.05) is 6.61 Å². The molecular weight excluding hydrogens is 332 g/mol. The summed E-state index contributed by atoms with van der Waals surface area (Å²) in [7, 11) is 0. The number of hydrogen-bond acceptors (Lipinski definition) is 5. The average molecular weight is 369 g/mol. The number of carbonyl (C=O) groups is 2. The fourth-order valence-corrected chi connectivity index (χ4v) is 3.27. The van der Waals surface area contributed by atoms with E-state index in [4.69, 9.17) is 9.84 Å². The molecule has 0 bridgehead atoms. The summed E-state index contributed by atoms with van der Waals surface area (Å²) in [6, 6.07) is 0. The van der Waals surface area contributed by atoms with Gasteiger partial charge < -0.3 is 14.9 Å². The van der Waals surface area contributed by atoms with E-state index in [2.05, 4.69) is 13.8 Å². The lowest BCUT2D eigenvalue weighted by atomic mass is 10.0. The first-order valence-corrected chi connectivity index (χ1v) is 10.3. The molecule has 150 valence electrons. The quantitative estimate of drug-likeness (QED) is 0.250. The summed E-state index contributed by atoms with van der Waals surface area (Å²) in [5, 5.41) is 18.7. The third-order valence-corrected chi connectivity index (χ3v) is 4.89. The molecule has 0 saturated carbocycles. The molecule has 0 spiro atoms. The monoisotopic (exact) mass is 368 g/mol. The van der Waals surface area contributed by atoms with Crippen LogP contribution in [0.1, 0.15) is 90.9 Å². The SMILES string of the molecule is CC(C)CCCCCCCCCCCCC(=O)C1=C(O)[C@@H](CO)OC1=O. The van der Waals surface area contributed by atoms with Gasteiger partial charge in [0.2, 0.25) is 0 Å². The van der Waals surface area contributed by atoms with Crippen molar-refractivity contribution in [1.29, 1.82) is 0 Å². The summed E-state index contributed by atoms with van der Waals surface area (Å²) in [6.07, 6.45) is 12.3. The van der Waals surface area contributed by atoms with Gasteiger partial charge >= 0.3 is 5.97 Å². The number of cyclic esters (lactones) is 1. The lowest BCUT2D eigenvalue weighted by molar-refractivity contribution is -0.142. The Morgan fingerprint density at radius 3 is 1.92 bits per heavy atom. The van der Waals surface area contributed by atoms with Crippen LogP contribution in [0.15, 0.2) is 11.3 Å². The normalized spacial score (nSPS) is 17.2. The number of aliphatic hydroxyl groups is 2. The predicted molar refractivity (Wildman–Crippen MR) is 102 cm³/mol. The van der Waals surface area contributed by atoms with Gasteiger partial charge in [0, 0.05) is 6.42 Å². The number of rotatable bonds is 15. The number of Topliss-reactive ketones (excluding diaryl/α,β-unsaturated/α-hetero) is 1. The van der Waals surface area contributed by atoms with E-state index in [-0.39, 0.29) is 17.8 Å². The van der Waals surface area contributed by atoms with Crippen LogP contribution in [0, 0.1) is 5.92 Å². The van der Waals surface area contributed by atoms with E-state index in [9.17, 15) is 14.7 Å². The van der Waals surface area contributed by atoms with Crippen LogP contribution in [0.2, 0.25) is 0 Å². The van der Waals surface area contributed by atoms with Gasteiger partial charge in [-0.3, -0.25) is 4.79 Å². The zero-order chi connectivity index (χ0) is 19.4. The van der Waals surface area contributed by atoms with Crippen molar-refractivity contribution in [2.24, 2.45) is 5.92 Å². The molecule has 1 atom stereocenters. The van der Waals surface area contributed by atoms with Crippen molar-refractivity contribution in [3.8, 4) is 0 Å². The summed E-state index contributed by atoms with van der Waals surface area (Å²) in [5.74, 6) is -0.807. The number of ether oxygens (including phenoxy) is 1. The van der Waals surface area contributed by atoms with Gasteiger partial charge in [-0.15, -0.1) is 0 Å². The van der Waals surface area contributed by atoms with Gasteiger partial charge in [-0.2, -0.15) is 0 Å². The fourth-order valence-electron chi connectivity index (χ4n) is 3.27. The van der Waals surface area contributed by atoms with Gasteiger partial charge in [-0.1, -0.05) is 78.1 Å². The summed E-state index contributed by atoms with van der Waals surface area (Å²) in [6.45, 7) is 4.04. The van der Waals surface area contributed by atoms with Crippen molar-refractivity contribution in [1.82, 2.24) is 0 Å². The molecular formula is C21H36O5. The highest BCUT2D eigenvalue weighted by molar-refractivity contribution is 6.19. The van der Waals surface area contributed by atoms with Gasteiger partial charge in [-0.25, -0.2) is 4.79 Å². The minimum absolute atomic E-state index is 0.239. The van der Waals surface area contributed by atoms with Crippen LogP contribution < -0.4 is 0 Å². The number of hydrogen-bond donors (Lipinski definition) is 2. The molecule has 0 aromatic rings. The van der Waals surface area contributed by atoms with Crippen molar-refractivity contribution >= 4 is 11.8 Å². The predicted octanol–water partition coefficient (Wildman–Crippen LogP) is 4.62. The zero-order valence-corrected chi connectivity index (χ0v) is 16.5. The number of esters is 1. The van der Waals surface area contributed by atoms with Crippen molar-refractivity contribution in [3.05, 3.63) is 11.3 Å². The van der Waals surface area contributed by atoms with Crippen LogP contribution in [-0.4, -0.2) is 34.7 Å². The second kappa shape index (κ2) is 12.9. The molecule has 1 heterocycles. The van der Waals surface area contributed by atoms with E-state index in [1.54, 1.807) is 0 Å². The molecule has 1 aliphatic rings. The smallest absolute Gasteiger partial charge is 0.346 e. The van der Waals surface area contributed by atoms with Gasteiger partial charge in [-0.05, 0) is 12.3 Å². The fraction of sp³-hybridized carbons (Fsp3) is 0.810. The Hall–Kier alpha value is -1.36. The van der Waals surface area contributed by atoms with Crippen LogP contribution in [0.4, 0.5) is 0 Å². The lowest BCUT2D eigenvalue weighted by Crippen LogP contribution is -2.15. The number of aliphatic hydroxyl groups excluding tert-OH is 2. The highest BCUT2D eigenvalue weighted by Crippen LogP contribution is 2.23. The van der Waals surface area contributed by atoms with Crippen LogP contribution >= 0.6 is 0 Å². The topological polar surface area (TPSA) is 83.8 Å². The average Bonchev–Trinajstić information content (AvgIpc) is 2.89. The zero-order valence-electron chi connectivity index (χ0n) is 16.5. The Bertz CT molecular complexity index is 467. The third kappa shape index (κ3) is 8.35. The molecule has 0 aromatic heterocycles. The standard InChI is InChI=1S/C21H36O5/c1-16(2)13-11-9-7-5-3-4-6-8-10-12-14-17(23)19-20(24)18(15-22)26-21(19)25/h16,18,22,24H,3-15H2,1-2H3/t18-/m1/s1. The highest BCUT2D eigenvalue weighted by Gasteiger charge is 2.37. The van der Waals surface area contributed by atoms with E-state index in [1.807, 2.05) is 0 Å². The molecule has 2 N–H and O–H groups in total. The molecule has 1 aliphatic heterocycles. The van der Waals surface area contributed by atoms with E-state index in [1.165, 1.54) is 51.4 Å². The van der Waals surface area contributed by atoms with E-state index >= 15 is 0 Å². The summed E-state index contributed by atoms with van der Waals surface area (Å²) in [5.41, 5.74) is -0.276. The molecule has 0 aromatic carbocycles. The molecule has 0 unspecified atom stereocenters. The Morgan fingerprint density at radius 2 is 1.46 bits per heavy atom. The molecule has 0 saturated heterocycles. The first kappa shape index (κ1) is 22.7. The maximum absolute atomic E-state index is 12.0. The van der Waals surface area contributed by atoms with Crippen LogP contribution in [0.25, 0.3) is 0 Å². The first-order valence-electron chi connectivity index (χ1n) is 10.3. The van der Waals surface area contributed by atoms with Gasteiger partial charge in [0.15, 0.2) is 17.6 Å². The van der Waals surface area contributed by atoms with Gasteiger partial charge in [0.1, 0.15) is 5.57 Å². The van der Waals surface area contributed by atoms with Crippen molar-refractivity contribution in [2.45, 2.75) is 97.0 Å². The van der Waals surface area contributed by atoms with Crippen LogP contribution in [0.3, 0.4) is 0 Å². The minimum atomic E-state index is -1.08. The first-order chi connectivity index (χ1) is 12.5. The van der Waals surface area contributed by atoms with E-state index in [0.29, 0.717) is 6.42 Å². The molecule has 1 rings (SSSR count). The largest absolute Gasteiger partial charge is 0.507 e. The Labute approximate surface area is 157 Å². The summed E-state index contributed by atoms with van der Waals surface area (Å²) in [4.78, 5) is 23.6. The molecule has 0 amide bonds. The van der Waals surface area contributed by atoms with Gasteiger partial charge in [0.25, 0.3) is 0 Å². The number of ketones is 1. The second-order valence-corrected chi connectivity index (χ2v) is 7.73. The van der Waals surface area contributed by atoms with E-state index in [0.717, 1.165) is 18.8 Å². The maximum Gasteiger partial charge on any atom is 0.346 e. The van der Waals surface area contributed by atoms with Crippen LogP contribution in [0.5, 0.6) is 0 Å². The van der Waals surface area contributed by atoms with Crippen molar-refractivity contribution in [3.63, 3.8) is 0 Å². The Morgan fingerprint density at radius 1 is 0.962 bits per heavy atom.